The number of piperidine rings is 1. The SMILES string of the molecule is O=C(O)c1ccccc1.OCc1cc(OCC(O)CN2CCC(COc3ccccc3)CC2)c2cc[nH]c2c1. The summed E-state index contributed by atoms with van der Waals surface area (Å²) in [4.78, 5) is 15.6. The molecule has 1 aromatic heterocycles. The van der Waals surface area contributed by atoms with Crippen LogP contribution in [-0.2, 0) is 6.61 Å². The van der Waals surface area contributed by atoms with Crippen LogP contribution >= 0.6 is 0 Å². The standard InChI is InChI=1S/C24H30N2O4.C7H6O2/c27-15-19-12-23-22(6-9-25-23)24(13-19)30-17-20(28)14-26-10-7-18(8-11-26)16-29-21-4-2-1-3-5-21;8-7(9)6-4-2-1-3-5-6/h1-6,9,12-13,18,20,25,27-28H,7-8,10-11,14-17H2;1-5H,(H,8,9). The van der Waals surface area contributed by atoms with E-state index in [2.05, 4.69) is 9.88 Å². The number of hydrogen-bond acceptors (Lipinski definition) is 6. The Labute approximate surface area is 228 Å². The topological polar surface area (TPSA) is 115 Å². The van der Waals surface area contributed by atoms with E-state index < -0.39 is 12.1 Å². The van der Waals surface area contributed by atoms with Crippen LogP contribution in [0.4, 0.5) is 0 Å². The van der Waals surface area contributed by atoms with E-state index in [0.717, 1.165) is 54.8 Å². The molecule has 0 aliphatic carbocycles. The molecule has 5 rings (SSSR count). The third-order valence-corrected chi connectivity index (χ3v) is 6.73. The number of hydrogen-bond donors (Lipinski definition) is 4. The minimum atomic E-state index is -0.879. The molecular formula is C31H36N2O6. The molecule has 3 aromatic carbocycles. The van der Waals surface area contributed by atoms with Gasteiger partial charge >= 0.3 is 5.97 Å². The van der Waals surface area contributed by atoms with Crippen molar-refractivity contribution in [1.29, 1.82) is 0 Å². The number of nitrogens with zero attached hydrogens (tertiary/aromatic N) is 1. The van der Waals surface area contributed by atoms with Crippen LogP contribution in [-0.4, -0.2) is 70.1 Å². The maximum Gasteiger partial charge on any atom is 0.335 e. The van der Waals surface area contributed by atoms with Crippen molar-refractivity contribution < 1.29 is 29.6 Å². The van der Waals surface area contributed by atoms with Crippen LogP contribution in [0.2, 0.25) is 0 Å². The average molecular weight is 533 g/mol. The maximum absolute atomic E-state index is 10.5. The van der Waals surface area contributed by atoms with E-state index in [1.165, 1.54) is 0 Å². The van der Waals surface area contributed by atoms with Crippen LogP contribution in [0.15, 0.2) is 85.1 Å². The van der Waals surface area contributed by atoms with Crippen molar-refractivity contribution in [2.24, 2.45) is 5.92 Å². The highest BCUT2D eigenvalue weighted by atomic mass is 16.5. The van der Waals surface area contributed by atoms with Gasteiger partial charge in [0, 0.05) is 23.6 Å². The number of aromatic amines is 1. The van der Waals surface area contributed by atoms with E-state index in [-0.39, 0.29) is 13.2 Å². The predicted octanol–water partition coefficient (Wildman–Crippen LogP) is 4.58. The molecule has 0 radical (unpaired) electrons. The molecule has 1 atom stereocenters. The van der Waals surface area contributed by atoms with E-state index in [9.17, 15) is 15.0 Å². The number of fused-ring (bicyclic) bond motifs is 1. The molecule has 1 unspecified atom stereocenters. The van der Waals surface area contributed by atoms with Crippen LogP contribution in [0.25, 0.3) is 10.9 Å². The molecule has 0 bridgehead atoms. The van der Waals surface area contributed by atoms with E-state index >= 15 is 0 Å². The molecule has 4 aromatic rings. The van der Waals surface area contributed by atoms with Gasteiger partial charge in [0.2, 0.25) is 0 Å². The van der Waals surface area contributed by atoms with Crippen molar-refractivity contribution in [3.8, 4) is 11.5 Å². The van der Waals surface area contributed by atoms with Crippen LogP contribution in [0.1, 0.15) is 28.8 Å². The number of rotatable bonds is 10. The number of β-amino-alcohol motifs (C(OH)–C–C–N with tert-alkyl or cyclic N) is 1. The summed E-state index contributed by atoms with van der Waals surface area (Å²) in [5, 5.41) is 29.3. The second kappa shape index (κ2) is 14.3. The van der Waals surface area contributed by atoms with Crippen molar-refractivity contribution in [2.45, 2.75) is 25.6 Å². The Kier molecular flexibility index (Phi) is 10.4. The van der Waals surface area contributed by atoms with Gasteiger partial charge < -0.3 is 34.7 Å². The van der Waals surface area contributed by atoms with Gasteiger partial charge in [-0.1, -0.05) is 36.4 Å². The van der Waals surface area contributed by atoms with E-state index in [4.69, 9.17) is 14.6 Å². The normalized spacial score (nSPS) is 14.8. The Morgan fingerprint density at radius 2 is 1.67 bits per heavy atom. The lowest BCUT2D eigenvalue weighted by Gasteiger charge is -2.33. The zero-order valence-corrected chi connectivity index (χ0v) is 21.9. The Balaban J connectivity index is 0.000000333. The summed E-state index contributed by atoms with van der Waals surface area (Å²) in [6.45, 7) is 3.45. The van der Waals surface area contributed by atoms with Gasteiger partial charge in [-0.05, 0) is 79.9 Å². The molecule has 8 heteroatoms. The predicted molar refractivity (Wildman–Crippen MR) is 150 cm³/mol. The van der Waals surface area contributed by atoms with Crippen molar-refractivity contribution in [2.75, 3.05) is 32.8 Å². The van der Waals surface area contributed by atoms with Gasteiger partial charge in [0.25, 0.3) is 0 Å². The lowest BCUT2D eigenvalue weighted by Crippen LogP contribution is -2.41. The van der Waals surface area contributed by atoms with Gasteiger partial charge in [-0.3, -0.25) is 0 Å². The highest BCUT2D eigenvalue weighted by Crippen LogP contribution is 2.27. The molecule has 1 aliphatic rings. The Bertz CT molecular complexity index is 1290. The molecule has 1 aliphatic heterocycles. The minimum absolute atomic E-state index is 0.0448. The number of carboxylic acid groups (broad SMARTS) is 1. The highest BCUT2D eigenvalue weighted by molar-refractivity contribution is 5.87. The van der Waals surface area contributed by atoms with Crippen molar-refractivity contribution in [3.63, 3.8) is 0 Å². The van der Waals surface area contributed by atoms with Crippen molar-refractivity contribution in [3.05, 3.63) is 96.2 Å². The number of likely N-dealkylation sites (tertiary alicyclic amines) is 1. The monoisotopic (exact) mass is 532 g/mol. The molecule has 39 heavy (non-hydrogen) atoms. The minimum Gasteiger partial charge on any atom is -0.493 e. The largest absolute Gasteiger partial charge is 0.493 e. The average Bonchev–Trinajstić information content (AvgIpc) is 3.46. The number of benzene rings is 3. The highest BCUT2D eigenvalue weighted by Gasteiger charge is 2.22. The Morgan fingerprint density at radius 3 is 2.31 bits per heavy atom. The quantitative estimate of drug-likeness (QED) is 0.236. The van der Waals surface area contributed by atoms with E-state index in [1.807, 2.05) is 54.7 Å². The van der Waals surface area contributed by atoms with Gasteiger partial charge in [0.15, 0.2) is 0 Å². The summed E-state index contributed by atoms with van der Waals surface area (Å²) in [5.41, 5.74) is 2.04. The lowest BCUT2D eigenvalue weighted by atomic mass is 9.97. The van der Waals surface area contributed by atoms with E-state index in [0.29, 0.717) is 23.8 Å². The molecular weight excluding hydrogens is 496 g/mol. The zero-order chi connectivity index (χ0) is 27.5. The second-order valence-corrected chi connectivity index (χ2v) is 9.70. The first-order chi connectivity index (χ1) is 19.0. The fraction of sp³-hybridized carbons (Fsp3) is 0.323. The first-order valence-corrected chi connectivity index (χ1v) is 13.2. The van der Waals surface area contributed by atoms with Crippen LogP contribution in [0.3, 0.4) is 0 Å². The maximum atomic E-state index is 10.5. The van der Waals surface area contributed by atoms with Crippen LogP contribution in [0.5, 0.6) is 11.5 Å². The number of H-pyrrole nitrogens is 1. The molecule has 4 N–H and O–H groups in total. The third kappa shape index (κ3) is 8.58. The second-order valence-electron chi connectivity index (χ2n) is 9.70. The summed E-state index contributed by atoms with van der Waals surface area (Å²) in [5.74, 6) is 1.29. The van der Waals surface area contributed by atoms with Gasteiger partial charge in [-0.2, -0.15) is 0 Å². The smallest absolute Gasteiger partial charge is 0.335 e. The molecule has 1 fully saturated rings. The number of para-hydroxylation sites is 1. The molecule has 0 amide bonds. The first kappa shape index (κ1) is 28.2. The number of nitrogens with one attached hydrogen (secondary N) is 1. The summed E-state index contributed by atoms with van der Waals surface area (Å²) in [6.07, 6.45) is 3.43. The third-order valence-electron chi connectivity index (χ3n) is 6.73. The fourth-order valence-corrected chi connectivity index (χ4v) is 4.58. The number of carbonyl (C=O) groups is 1. The first-order valence-electron chi connectivity index (χ1n) is 13.2. The number of aliphatic hydroxyl groups is 2. The number of ether oxygens (including phenoxy) is 2. The van der Waals surface area contributed by atoms with E-state index in [1.54, 1.807) is 30.3 Å². The molecule has 206 valence electrons. The lowest BCUT2D eigenvalue weighted by molar-refractivity contribution is 0.0506. The summed E-state index contributed by atoms with van der Waals surface area (Å²) < 4.78 is 11.8. The number of aliphatic hydroxyl groups excluding tert-OH is 2. The summed E-state index contributed by atoms with van der Waals surface area (Å²) in [6, 6.07) is 23.9. The summed E-state index contributed by atoms with van der Waals surface area (Å²) >= 11 is 0. The molecule has 8 nitrogen and oxygen atoms in total. The summed E-state index contributed by atoms with van der Waals surface area (Å²) in [7, 11) is 0. The van der Waals surface area contributed by atoms with Gasteiger partial charge in [-0.25, -0.2) is 4.79 Å². The number of aromatic nitrogens is 1. The molecule has 0 saturated carbocycles. The van der Waals surface area contributed by atoms with Crippen LogP contribution < -0.4 is 9.47 Å². The van der Waals surface area contributed by atoms with Crippen molar-refractivity contribution in [1.82, 2.24) is 9.88 Å². The van der Waals surface area contributed by atoms with Crippen molar-refractivity contribution >= 4 is 16.9 Å². The molecule has 2 heterocycles. The zero-order valence-electron chi connectivity index (χ0n) is 21.9. The Morgan fingerprint density at radius 1 is 0.974 bits per heavy atom. The van der Waals surface area contributed by atoms with Gasteiger partial charge in [0.05, 0.1) is 18.8 Å². The van der Waals surface area contributed by atoms with Gasteiger partial charge in [-0.15, -0.1) is 0 Å². The molecule has 0 spiro atoms. The van der Waals surface area contributed by atoms with Crippen LogP contribution in [0, 0.1) is 5.92 Å². The Hall–Kier alpha value is -3.85. The fourth-order valence-electron chi connectivity index (χ4n) is 4.58. The number of aromatic carboxylic acids is 1. The molecule has 1 saturated heterocycles. The van der Waals surface area contributed by atoms with Gasteiger partial charge in [0.1, 0.15) is 24.2 Å². The number of carboxylic acids is 1.